The molecular weight excluding hydrogens is 247 g/mol. The molecule has 7 heteroatoms. The molecule has 1 aliphatic rings. The molecule has 0 aliphatic heterocycles. The minimum absolute atomic E-state index is 0.0817. The molecule has 18 heavy (non-hydrogen) atoms. The van der Waals surface area contributed by atoms with Crippen LogP contribution in [0.2, 0.25) is 0 Å². The van der Waals surface area contributed by atoms with E-state index in [4.69, 9.17) is 0 Å². The first kappa shape index (κ1) is 12.9. The largest absolute Gasteiger partial charge is 0.391 e. The van der Waals surface area contributed by atoms with Gasteiger partial charge in [-0.05, 0) is 25.7 Å². The van der Waals surface area contributed by atoms with E-state index >= 15 is 0 Å². The number of carbonyl (C=O) groups is 1. The molecule has 0 bridgehead atoms. The van der Waals surface area contributed by atoms with Gasteiger partial charge in [0.1, 0.15) is 6.33 Å². The van der Waals surface area contributed by atoms with Crippen LogP contribution in [0.5, 0.6) is 0 Å². The maximum absolute atomic E-state index is 12.5. The number of nitrogens with zero attached hydrogens (tertiary/aromatic N) is 2. The minimum Gasteiger partial charge on any atom is -0.335 e. The van der Waals surface area contributed by atoms with Gasteiger partial charge in [0.15, 0.2) is 0 Å². The van der Waals surface area contributed by atoms with Crippen molar-refractivity contribution in [3.05, 3.63) is 18.7 Å². The van der Waals surface area contributed by atoms with Crippen LogP contribution in [0.25, 0.3) is 0 Å². The molecule has 1 saturated carbocycles. The highest BCUT2D eigenvalue weighted by Crippen LogP contribution is 2.37. The van der Waals surface area contributed by atoms with Crippen LogP contribution in [0.3, 0.4) is 0 Å². The quantitative estimate of drug-likeness (QED) is 0.844. The van der Waals surface area contributed by atoms with Crippen LogP contribution in [0.15, 0.2) is 18.7 Å². The lowest BCUT2D eigenvalue weighted by Gasteiger charge is -2.30. The van der Waals surface area contributed by atoms with Crippen molar-refractivity contribution in [1.82, 2.24) is 14.9 Å². The number of aromatic nitrogens is 2. The first-order chi connectivity index (χ1) is 8.47. The van der Waals surface area contributed by atoms with E-state index in [0.29, 0.717) is 12.8 Å². The molecule has 1 aromatic rings. The van der Waals surface area contributed by atoms with Gasteiger partial charge in [0.2, 0.25) is 0 Å². The van der Waals surface area contributed by atoms with Gasteiger partial charge < -0.3 is 5.32 Å². The highest BCUT2D eigenvalue weighted by Gasteiger charge is 2.41. The summed E-state index contributed by atoms with van der Waals surface area (Å²) in [6.45, 7) is 0. The van der Waals surface area contributed by atoms with Crippen LogP contribution in [-0.2, 0) is 0 Å². The first-order valence-corrected chi connectivity index (χ1v) is 5.82. The summed E-state index contributed by atoms with van der Waals surface area (Å²) in [7, 11) is 0. The molecule has 0 unspecified atom stereocenters. The summed E-state index contributed by atoms with van der Waals surface area (Å²) in [6.07, 6.45) is 1.11. The number of carbonyl (C=O) groups excluding carboxylic acids is 1. The van der Waals surface area contributed by atoms with Crippen molar-refractivity contribution in [2.75, 3.05) is 0 Å². The second-order valence-electron chi connectivity index (χ2n) is 4.51. The summed E-state index contributed by atoms with van der Waals surface area (Å²) in [5, 5.41) is 2.71. The lowest BCUT2D eigenvalue weighted by molar-refractivity contribution is -0.182. The van der Waals surface area contributed by atoms with Gasteiger partial charge in [0.05, 0.1) is 5.92 Å². The van der Waals surface area contributed by atoms with E-state index < -0.39 is 12.1 Å². The van der Waals surface area contributed by atoms with Gasteiger partial charge in [-0.25, -0.2) is 9.78 Å². The number of hydrogen-bond acceptors (Lipinski definition) is 2. The standard InChI is InChI=1S/C11H14F3N3O/c12-11(13,14)8-1-3-9(4-2-8)16-10(18)17-6-5-15-7-17/h5-9H,1-4H2,(H,16,18). The van der Waals surface area contributed by atoms with Gasteiger partial charge in [-0.3, -0.25) is 4.57 Å². The fourth-order valence-electron chi connectivity index (χ4n) is 2.19. The Balaban J connectivity index is 1.82. The molecule has 1 fully saturated rings. The average molecular weight is 261 g/mol. The SMILES string of the molecule is O=C(NC1CCC(C(F)(F)F)CC1)n1ccnc1. The van der Waals surface area contributed by atoms with E-state index in [1.165, 1.54) is 23.3 Å². The van der Waals surface area contributed by atoms with Crippen LogP contribution < -0.4 is 5.32 Å². The number of alkyl halides is 3. The highest BCUT2D eigenvalue weighted by molar-refractivity contribution is 5.76. The molecule has 0 aromatic carbocycles. The molecule has 100 valence electrons. The number of hydrogen-bond donors (Lipinski definition) is 1. The average Bonchev–Trinajstić information content (AvgIpc) is 2.82. The number of nitrogens with one attached hydrogen (secondary N) is 1. The van der Waals surface area contributed by atoms with E-state index in [2.05, 4.69) is 10.3 Å². The Labute approximate surface area is 102 Å². The molecular formula is C11H14F3N3O. The van der Waals surface area contributed by atoms with E-state index in [-0.39, 0.29) is 24.9 Å². The summed E-state index contributed by atoms with van der Waals surface area (Å²) in [6, 6.07) is -0.526. The minimum atomic E-state index is -4.11. The van der Waals surface area contributed by atoms with Crippen molar-refractivity contribution in [2.45, 2.75) is 37.9 Å². The fraction of sp³-hybridized carbons (Fsp3) is 0.636. The summed E-state index contributed by atoms with van der Waals surface area (Å²) >= 11 is 0. The maximum Gasteiger partial charge on any atom is 0.391 e. The molecule has 2 rings (SSSR count). The summed E-state index contributed by atoms with van der Waals surface area (Å²) in [4.78, 5) is 15.4. The number of halogens is 3. The lowest BCUT2D eigenvalue weighted by Crippen LogP contribution is -2.41. The third-order valence-corrected chi connectivity index (χ3v) is 3.26. The summed E-state index contributed by atoms with van der Waals surface area (Å²) in [5.74, 6) is -1.22. The van der Waals surface area contributed by atoms with Crippen molar-refractivity contribution in [3.63, 3.8) is 0 Å². The normalized spacial score (nSPS) is 24.8. The highest BCUT2D eigenvalue weighted by atomic mass is 19.4. The second kappa shape index (κ2) is 4.99. The van der Waals surface area contributed by atoms with Crippen LogP contribution in [0, 0.1) is 5.92 Å². The molecule has 0 radical (unpaired) electrons. The Morgan fingerprint density at radius 3 is 2.44 bits per heavy atom. The Morgan fingerprint density at radius 2 is 1.94 bits per heavy atom. The van der Waals surface area contributed by atoms with E-state index in [9.17, 15) is 18.0 Å². The van der Waals surface area contributed by atoms with Crippen molar-refractivity contribution in [3.8, 4) is 0 Å². The molecule has 1 aliphatic carbocycles. The van der Waals surface area contributed by atoms with Gasteiger partial charge in [0, 0.05) is 18.4 Å². The third kappa shape index (κ3) is 3.02. The topological polar surface area (TPSA) is 46.9 Å². The van der Waals surface area contributed by atoms with Gasteiger partial charge in [-0.1, -0.05) is 0 Å². The predicted octanol–water partition coefficient (Wildman–Crippen LogP) is 2.56. The van der Waals surface area contributed by atoms with Gasteiger partial charge in [-0.15, -0.1) is 0 Å². The Morgan fingerprint density at radius 1 is 1.28 bits per heavy atom. The lowest BCUT2D eigenvalue weighted by atomic mass is 9.86. The van der Waals surface area contributed by atoms with E-state index in [0.717, 1.165) is 0 Å². The van der Waals surface area contributed by atoms with Gasteiger partial charge in [-0.2, -0.15) is 13.2 Å². The zero-order valence-electron chi connectivity index (χ0n) is 9.65. The van der Waals surface area contributed by atoms with E-state index in [1.54, 1.807) is 0 Å². The second-order valence-corrected chi connectivity index (χ2v) is 4.51. The smallest absolute Gasteiger partial charge is 0.335 e. The molecule has 0 atom stereocenters. The number of imidazole rings is 1. The van der Waals surface area contributed by atoms with Gasteiger partial charge >= 0.3 is 12.2 Å². The molecule has 1 heterocycles. The van der Waals surface area contributed by atoms with Crippen molar-refractivity contribution in [2.24, 2.45) is 5.92 Å². The van der Waals surface area contributed by atoms with E-state index in [1.807, 2.05) is 0 Å². The maximum atomic E-state index is 12.5. The monoisotopic (exact) mass is 261 g/mol. The number of amides is 1. The molecule has 4 nitrogen and oxygen atoms in total. The Kier molecular flexibility index (Phi) is 3.58. The van der Waals surface area contributed by atoms with Crippen LogP contribution >= 0.6 is 0 Å². The molecule has 1 N–H and O–H groups in total. The Hall–Kier alpha value is -1.53. The van der Waals surface area contributed by atoms with Crippen molar-refractivity contribution >= 4 is 6.03 Å². The molecule has 0 spiro atoms. The van der Waals surface area contributed by atoms with Crippen LogP contribution in [-0.4, -0.2) is 27.8 Å². The van der Waals surface area contributed by atoms with Gasteiger partial charge in [0.25, 0.3) is 0 Å². The number of rotatable bonds is 1. The molecule has 1 aromatic heterocycles. The van der Waals surface area contributed by atoms with Crippen LogP contribution in [0.1, 0.15) is 25.7 Å². The summed E-state index contributed by atoms with van der Waals surface area (Å²) in [5.41, 5.74) is 0. The first-order valence-electron chi connectivity index (χ1n) is 5.82. The predicted molar refractivity (Wildman–Crippen MR) is 58.0 cm³/mol. The fourth-order valence-corrected chi connectivity index (χ4v) is 2.19. The van der Waals surface area contributed by atoms with Crippen molar-refractivity contribution < 1.29 is 18.0 Å². The zero-order chi connectivity index (χ0) is 13.2. The molecule has 1 amide bonds. The molecule has 0 saturated heterocycles. The van der Waals surface area contributed by atoms with Crippen LogP contribution in [0.4, 0.5) is 18.0 Å². The van der Waals surface area contributed by atoms with Crippen molar-refractivity contribution in [1.29, 1.82) is 0 Å². The zero-order valence-corrected chi connectivity index (χ0v) is 9.65. The Bertz CT molecular complexity index is 394. The summed E-state index contributed by atoms with van der Waals surface area (Å²) < 4.78 is 38.6. The third-order valence-electron chi connectivity index (χ3n) is 3.26.